The summed E-state index contributed by atoms with van der Waals surface area (Å²) < 4.78 is 36.0. The Morgan fingerprint density at radius 2 is 1.76 bits per heavy atom. The van der Waals surface area contributed by atoms with Crippen molar-refractivity contribution < 1.29 is 18.0 Å². The summed E-state index contributed by atoms with van der Waals surface area (Å²) in [5.41, 5.74) is 0. The largest absolute Gasteiger partial charge is 0.405 e. The monoisotopic (exact) mass is 311 g/mol. The first kappa shape index (κ1) is 20.2. The van der Waals surface area contributed by atoms with Gasteiger partial charge in [-0.15, -0.1) is 0 Å². The average molecular weight is 311 g/mol. The second-order valence-electron chi connectivity index (χ2n) is 5.29. The Labute approximate surface area is 125 Å². The van der Waals surface area contributed by atoms with E-state index in [-0.39, 0.29) is 6.04 Å². The number of hydrogen-bond donors (Lipinski definition) is 2. The van der Waals surface area contributed by atoms with Crippen LogP contribution in [-0.4, -0.2) is 55.2 Å². The van der Waals surface area contributed by atoms with Crippen LogP contribution in [0, 0.1) is 0 Å². The molecule has 2 N–H and O–H groups in total. The number of nitrogens with one attached hydrogen (secondary N) is 2. The van der Waals surface area contributed by atoms with E-state index >= 15 is 0 Å². The van der Waals surface area contributed by atoms with Crippen molar-refractivity contribution in [2.75, 3.05) is 26.2 Å². The maximum atomic E-state index is 12.0. The molecular formula is C14H28F3N3O. The molecule has 0 fully saturated rings. The van der Waals surface area contributed by atoms with Gasteiger partial charge in [0.2, 0.25) is 5.91 Å². The third-order valence-corrected chi connectivity index (χ3v) is 3.40. The number of nitrogens with zero attached hydrogens (tertiary/aromatic N) is 1. The lowest BCUT2D eigenvalue weighted by molar-refractivity contribution is -0.139. The van der Waals surface area contributed by atoms with Crippen LogP contribution in [-0.2, 0) is 4.79 Å². The van der Waals surface area contributed by atoms with Crippen LogP contribution < -0.4 is 10.6 Å². The molecule has 0 spiro atoms. The minimum Gasteiger partial charge on any atom is -0.346 e. The lowest BCUT2D eigenvalue weighted by Crippen LogP contribution is -2.47. The van der Waals surface area contributed by atoms with Gasteiger partial charge in [-0.05, 0) is 46.3 Å². The third kappa shape index (κ3) is 10.5. The second-order valence-corrected chi connectivity index (χ2v) is 5.29. The molecule has 4 nitrogen and oxygen atoms in total. The summed E-state index contributed by atoms with van der Waals surface area (Å²) in [6.07, 6.45) is -2.50. The van der Waals surface area contributed by atoms with E-state index in [4.69, 9.17) is 0 Å². The molecule has 7 heteroatoms. The van der Waals surface area contributed by atoms with E-state index in [0.717, 1.165) is 32.5 Å². The number of rotatable bonds is 10. The van der Waals surface area contributed by atoms with E-state index in [0.29, 0.717) is 0 Å². The molecule has 0 heterocycles. The molecule has 0 aliphatic carbocycles. The molecule has 0 saturated heterocycles. The summed E-state index contributed by atoms with van der Waals surface area (Å²) in [5.74, 6) is -0.622. The molecule has 0 rings (SSSR count). The first-order chi connectivity index (χ1) is 9.69. The van der Waals surface area contributed by atoms with Crippen molar-refractivity contribution in [3.63, 3.8) is 0 Å². The highest BCUT2D eigenvalue weighted by Gasteiger charge is 2.28. The van der Waals surface area contributed by atoms with Crippen LogP contribution >= 0.6 is 0 Å². The van der Waals surface area contributed by atoms with Crippen molar-refractivity contribution in [3.05, 3.63) is 0 Å². The van der Waals surface area contributed by atoms with Crippen LogP contribution in [0.4, 0.5) is 13.2 Å². The van der Waals surface area contributed by atoms with Crippen molar-refractivity contribution in [3.8, 4) is 0 Å². The fourth-order valence-electron chi connectivity index (χ4n) is 2.09. The topological polar surface area (TPSA) is 44.4 Å². The zero-order chi connectivity index (χ0) is 16.5. The highest BCUT2D eigenvalue weighted by atomic mass is 19.4. The van der Waals surface area contributed by atoms with E-state index in [1.54, 1.807) is 6.92 Å². The minimum atomic E-state index is -4.37. The lowest BCUT2D eigenvalue weighted by atomic mass is 10.1. The molecule has 0 aromatic carbocycles. The molecule has 0 bridgehead atoms. The Morgan fingerprint density at radius 1 is 1.19 bits per heavy atom. The van der Waals surface area contributed by atoms with Crippen LogP contribution in [0.2, 0.25) is 0 Å². The van der Waals surface area contributed by atoms with Crippen LogP contribution in [0.15, 0.2) is 0 Å². The Morgan fingerprint density at radius 3 is 2.24 bits per heavy atom. The van der Waals surface area contributed by atoms with Crippen LogP contribution in [0.3, 0.4) is 0 Å². The zero-order valence-corrected chi connectivity index (χ0v) is 13.4. The number of carbonyl (C=O) groups is 1. The number of carbonyl (C=O) groups excluding carboxylic acids is 1. The highest BCUT2D eigenvalue weighted by Crippen LogP contribution is 2.12. The molecule has 0 radical (unpaired) electrons. The van der Waals surface area contributed by atoms with Gasteiger partial charge in [-0.1, -0.05) is 13.8 Å². The molecule has 1 amide bonds. The number of halogens is 3. The predicted molar refractivity (Wildman–Crippen MR) is 78.1 cm³/mol. The van der Waals surface area contributed by atoms with E-state index < -0.39 is 24.7 Å². The fourth-order valence-corrected chi connectivity index (χ4v) is 2.09. The van der Waals surface area contributed by atoms with Gasteiger partial charge >= 0.3 is 6.18 Å². The van der Waals surface area contributed by atoms with Gasteiger partial charge in [0.05, 0.1) is 6.04 Å². The summed E-state index contributed by atoms with van der Waals surface area (Å²) >= 11 is 0. The van der Waals surface area contributed by atoms with E-state index in [1.165, 1.54) is 0 Å². The Kier molecular flexibility index (Phi) is 9.61. The molecule has 0 aliphatic rings. The maximum Gasteiger partial charge on any atom is 0.405 e. The van der Waals surface area contributed by atoms with Crippen LogP contribution in [0.1, 0.15) is 40.5 Å². The van der Waals surface area contributed by atoms with Gasteiger partial charge in [0.25, 0.3) is 0 Å². The van der Waals surface area contributed by atoms with Crippen LogP contribution in [0.5, 0.6) is 0 Å². The Balaban J connectivity index is 3.92. The highest BCUT2D eigenvalue weighted by molar-refractivity contribution is 5.81. The molecule has 0 aromatic heterocycles. The molecule has 2 atom stereocenters. The van der Waals surface area contributed by atoms with Gasteiger partial charge in [0.15, 0.2) is 0 Å². The number of amides is 1. The van der Waals surface area contributed by atoms with Crippen LogP contribution in [0.25, 0.3) is 0 Å². The summed E-state index contributed by atoms with van der Waals surface area (Å²) in [6.45, 7) is 9.46. The summed E-state index contributed by atoms with van der Waals surface area (Å²) in [4.78, 5) is 13.8. The first-order valence-electron chi connectivity index (χ1n) is 7.52. The number of hydrogen-bond acceptors (Lipinski definition) is 3. The molecule has 0 aromatic rings. The van der Waals surface area contributed by atoms with Gasteiger partial charge in [-0.2, -0.15) is 13.2 Å². The molecule has 0 aliphatic heterocycles. The maximum absolute atomic E-state index is 12.0. The minimum absolute atomic E-state index is 0.0900. The average Bonchev–Trinajstić information content (AvgIpc) is 2.40. The summed E-state index contributed by atoms with van der Waals surface area (Å²) in [7, 11) is 0. The third-order valence-electron chi connectivity index (χ3n) is 3.40. The molecule has 126 valence electrons. The van der Waals surface area contributed by atoms with Gasteiger partial charge in [-0.25, -0.2) is 0 Å². The van der Waals surface area contributed by atoms with E-state index in [9.17, 15) is 18.0 Å². The van der Waals surface area contributed by atoms with Crippen molar-refractivity contribution in [2.24, 2.45) is 0 Å². The smallest absolute Gasteiger partial charge is 0.346 e. The molecular weight excluding hydrogens is 283 g/mol. The van der Waals surface area contributed by atoms with E-state index in [2.05, 4.69) is 24.1 Å². The fraction of sp³-hybridized carbons (Fsp3) is 0.929. The predicted octanol–water partition coefficient (Wildman–Crippen LogP) is 2.15. The molecule has 21 heavy (non-hydrogen) atoms. The molecule has 2 unspecified atom stereocenters. The summed E-state index contributed by atoms with van der Waals surface area (Å²) in [5, 5.41) is 4.91. The standard InChI is InChI=1S/C14H28F3N3O/c1-5-20(6-2)9-7-8-11(3)19-12(4)13(21)18-10-14(15,16)17/h11-12,19H,5-10H2,1-4H3,(H,18,21). The quantitative estimate of drug-likeness (QED) is 0.650. The van der Waals surface area contributed by atoms with Gasteiger partial charge in [-0.3, -0.25) is 4.79 Å². The second kappa shape index (κ2) is 10.00. The van der Waals surface area contributed by atoms with Gasteiger partial charge in [0.1, 0.15) is 6.54 Å². The van der Waals surface area contributed by atoms with E-state index in [1.807, 2.05) is 12.2 Å². The Bertz CT molecular complexity index is 294. The van der Waals surface area contributed by atoms with Crippen molar-refractivity contribution >= 4 is 5.91 Å². The van der Waals surface area contributed by atoms with Crippen molar-refractivity contribution in [1.82, 2.24) is 15.5 Å². The van der Waals surface area contributed by atoms with Gasteiger partial charge < -0.3 is 15.5 Å². The zero-order valence-electron chi connectivity index (χ0n) is 13.4. The number of alkyl halides is 3. The van der Waals surface area contributed by atoms with Crippen molar-refractivity contribution in [2.45, 2.75) is 58.8 Å². The normalized spacial score (nSPS) is 15.0. The summed E-state index contributed by atoms with van der Waals surface area (Å²) in [6, 6.07) is -0.539. The van der Waals surface area contributed by atoms with Crippen molar-refractivity contribution in [1.29, 1.82) is 0 Å². The Hall–Kier alpha value is -0.820. The lowest BCUT2D eigenvalue weighted by Gasteiger charge is -2.22. The first-order valence-corrected chi connectivity index (χ1v) is 7.52. The SMILES string of the molecule is CCN(CC)CCCC(C)NC(C)C(=O)NCC(F)(F)F. The van der Waals surface area contributed by atoms with Gasteiger partial charge in [0, 0.05) is 6.04 Å². The molecule has 0 saturated carbocycles.